The van der Waals surface area contributed by atoms with E-state index in [-0.39, 0.29) is 61.4 Å². The molecule has 0 aromatic carbocycles. The van der Waals surface area contributed by atoms with Crippen LogP contribution in [-0.2, 0) is 103 Å². The summed E-state index contributed by atoms with van der Waals surface area (Å²) in [4.78, 5) is 78.4. The molecule has 74 heavy (non-hydrogen) atoms. The van der Waals surface area contributed by atoms with E-state index in [4.69, 9.17) is 73.9 Å². The molecule has 418 valence electrons. The predicted molar refractivity (Wildman–Crippen MR) is 261 cm³/mol. The Morgan fingerprint density at radius 3 is 1.77 bits per heavy atom. The lowest BCUT2D eigenvalue weighted by Crippen LogP contribution is -2.69. The van der Waals surface area contributed by atoms with E-state index in [0.717, 1.165) is 41.7 Å². The summed E-state index contributed by atoms with van der Waals surface area (Å²) >= 11 is 0. The molecule has 0 unspecified atom stereocenters. The van der Waals surface area contributed by atoms with Crippen LogP contribution in [-0.4, -0.2) is 160 Å². The van der Waals surface area contributed by atoms with Crippen LogP contribution in [0.5, 0.6) is 0 Å². The third-order valence-corrected chi connectivity index (χ3v) is 23.5. The van der Waals surface area contributed by atoms with Crippen LogP contribution in [0.3, 0.4) is 0 Å². The smallest absolute Gasteiger partial charge is 0.366 e. The summed E-state index contributed by atoms with van der Waals surface area (Å²) in [5, 5.41) is 18.9. The first-order valence-electron chi connectivity index (χ1n) is 24.4. The molecule has 27 heteroatoms. The van der Waals surface area contributed by atoms with Gasteiger partial charge in [-0.2, -0.15) is 10.5 Å². The first kappa shape index (κ1) is 64.3. The van der Waals surface area contributed by atoms with Gasteiger partial charge in [0.25, 0.3) is 5.79 Å². The van der Waals surface area contributed by atoms with Crippen LogP contribution in [0.2, 0.25) is 22.2 Å². The highest BCUT2D eigenvalue weighted by molar-refractivity contribution is 7.41. The Balaban J connectivity index is 2.58. The van der Waals surface area contributed by atoms with Gasteiger partial charge in [0.05, 0.1) is 64.6 Å². The van der Waals surface area contributed by atoms with Gasteiger partial charge in [0.15, 0.2) is 30.7 Å². The Kier molecular flexibility index (Phi) is 25.6. The molecule has 0 amide bonds. The number of carbonyl (C=O) groups excluding carboxylic acids is 6. The minimum Gasteiger partial charge on any atom is -0.465 e. The number of esters is 6. The molecule has 3 fully saturated rings. The largest absolute Gasteiger partial charge is 0.465 e. The summed E-state index contributed by atoms with van der Waals surface area (Å²) in [6.45, 7) is 23.4. The summed E-state index contributed by atoms with van der Waals surface area (Å²) in [5.41, 5.74) is -0.714. The number of nitriles is 2. The highest BCUT2D eigenvalue weighted by atomic mass is 31.2. The maximum Gasteiger partial charge on any atom is 0.366 e. The lowest BCUT2D eigenvalue weighted by molar-refractivity contribution is -0.367. The molecule has 0 spiro atoms. The van der Waals surface area contributed by atoms with Crippen LogP contribution in [0.4, 0.5) is 0 Å². The van der Waals surface area contributed by atoms with Crippen molar-refractivity contribution in [3.05, 3.63) is 12.7 Å². The van der Waals surface area contributed by atoms with E-state index in [1.165, 1.54) is 6.08 Å². The quantitative estimate of drug-likeness (QED) is 0.0251. The molecule has 0 bridgehead atoms. The van der Waals surface area contributed by atoms with Crippen molar-refractivity contribution in [2.45, 2.75) is 198 Å². The standard InChI is InChI=1S/C47H75N2O22PSi2/c1-16-21-58-47(46(55)56-15)24-36(69-72(59-22-17-19-48)60-23-18-20-49)39(41(68-47)38-26-61-73(27(2)3,28(4)5)71-74(70-38,29(6)7)30(8)9)66-45-44(65-35(14)54)43(64-34(13)53)42(63-33(12)52)40(67-45)37(62-32(11)51)25-57-31(10)50/h16,27-30,36-45H,1,17-18,21-26H2,2-15H3/t36-,37+,38-,39-,40-,41-,42-,43+,44+,45+,47-/m1/s1. The van der Waals surface area contributed by atoms with E-state index >= 15 is 0 Å². The molecule has 0 N–H and O–H groups in total. The number of methoxy groups -OCH3 is 1. The van der Waals surface area contributed by atoms with Crippen LogP contribution in [0.15, 0.2) is 12.7 Å². The average Bonchev–Trinajstić information content (AvgIpc) is 3.51. The molecular weight excluding hydrogens is 1030 g/mol. The molecular formula is C47H75N2O22PSi2. The van der Waals surface area contributed by atoms with Crippen molar-refractivity contribution >= 4 is 61.5 Å². The van der Waals surface area contributed by atoms with Crippen molar-refractivity contribution in [1.29, 1.82) is 10.5 Å². The van der Waals surface area contributed by atoms with Gasteiger partial charge in [0, 0.05) is 41.0 Å². The monoisotopic (exact) mass is 1110 g/mol. The van der Waals surface area contributed by atoms with Crippen molar-refractivity contribution in [3.8, 4) is 12.1 Å². The number of ether oxygens (including phenoxy) is 10. The second-order valence-corrected chi connectivity index (χ2v) is 28.9. The van der Waals surface area contributed by atoms with Crippen LogP contribution >= 0.6 is 8.60 Å². The summed E-state index contributed by atoms with van der Waals surface area (Å²) in [6.07, 6.45) is -16.2. The van der Waals surface area contributed by atoms with Crippen LogP contribution in [0.1, 0.15) is 109 Å². The summed E-state index contributed by atoms with van der Waals surface area (Å²) in [5.74, 6) is -7.96. The maximum atomic E-state index is 14.4. The minimum absolute atomic E-state index is 0.115. The fourth-order valence-corrected chi connectivity index (χ4v) is 21.2. The van der Waals surface area contributed by atoms with Gasteiger partial charge in [-0.05, 0) is 22.2 Å². The van der Waals surface area contributed by atoms with Crippen molar-refractivity contribution in [3.63, 3.8) is 0 Å². The van der Waals surface area contributed by atoms with Crippen molar-refractivity contribution in [2.75, 3.05) is 40.1 Å². The number of rotatable bonds is 26. The van der Waals surface area contributed by atoms with Gasteiger partial charge < -0.3 is 73.9 Å². The average molecular weight is 1110 g/mol. The molecule has 0 radical (unpaired) electrons. The summed E-state index contributed by atoms with van der Waals surface area (Å²) in [6, 6.07) is 3.96. The second-order valence-electron chi connectivity index (χ2n) is 18.9. The van der Waals surface area contributed by atoms with E-state index in [1.54, 1.807) is 0 Å². The van der Waals surface area contributed by atoms with Gasteiger partial charge in [0.1, 0.15) is 31.0 Å². The van der Waals surface area contributed by atoms with Gasteiger partial charge in [-0.3, -0.25) is 24.0 Å². The third-order valence-electron chi connectivity index (χ3n) is 12.0. The van der Waals surface area contributed by atoms with Crippen molar-refractivity contribution < 1.29 is 103 Å². The lowest BCUT2D eigenvalue weighted by atomic mass is 9.91. The van der Waals surface area contributed by atoms with Crippen LogP contribution in [0, 0.1) is 22.7 Å². The Morgan fingerprint density at radius 1 is 0.757 bits per heavy atom. The number of nitrogens with zero attached hydrogens (tertiary/aromatic N) is 2. The Bertz CT molecular complexity index is 1970. The highest BCUT2D eigenvalue weighted by Gasteiger charge is 2.65. The summed E-state index contributed by atoms with van der Waals surface area (Å²) < 4.78 is 101. The van der Waals surface area contributed by atoms with Crippen LogP contribution in [0.25, 0.3) is 0 Å². The number of hydrogen-bond acceptors (Lipinski definition) is 24. The van der Waals surface area contributed by atoms with Gasteiger partial charge in [0.2, 0.25) is 0 Å². The zero-order valence-electron chi connectivity index (χ0n) is 44.8. The third kappa shape index (κ3) is 16.8. The molecule has 11 atom stereocenters. The van der Waals surface area contributed by atoms with Crippen molar-refractivity contribution in [1.82, 2.24) is 0 Å². The summed E-state index contributed by atoms with van der Waals surface area (Å²) in [7, 11) is -8.27. The molecule has 3 rings (SSSR count). The SMILES string of the molecule is C=CCO[C@]1(C(=O)OC)C[C@@H](OP(OCCC#N)OCCC#N)[C@@H](O[C@H]2O[C@H]([C@H](COC(C)=O)OC(C)=O)[C@@H](OC(C)=O)[C@H](OC(C)=O)[C@@H]2OC(C)=O)[C@@H]([C@H]2CO[Si](C(C)C)(C(C)C)O[Si](C(C)C)(C(C)C)O2)O1. The molecule has 3 aliphatic rings. The molecule has 0 saturated carbocycles. The first-order chi connectivity index (χ1) is 34.8. The van der Waals surface area contributed by atoms with E-state index in [1.807, 2.05) is 67.5 Å². The molecule has 3 saturated heterocycles. The molecule has 0 aliphatic carbocycles. The first-order valence-corrected chi connectivity index (χ1v) is 29.4. The van der Waals surface area contributed by atoms with E-state index in [2.05, 4.69) is 6.58 Å². The Labute approximate surface area is 436 Å². The Morgan fingerprint density at radius 2 is 1.30 bits per heavy atom. The minimum atomic E-state index is -3.55. The highest BCUT2D eigenvalue weighted by Crippen LogP contribution is 2.51. The van der Waals surface area contributed by atoms with Crippen LogP contribution < -0.4 is 0 Å². The van der Waals surface area contributed by atoms with Gasteiger partial charge in [-0.25, -0.2) is 4.79 Å². The Hall–Kier alpha value is -4.00. The fraction of sp³-hybridized carbons (Fsp3) is 0.787. The topological polar surface area (TPSA) is 298 Å². The fourth-order valence-electron chi connectivity index (χ4n) is 8.98. The molecule has 0 aromatic rings. The zero-order valence-corrected chi connectivity index (χ0v) is 47.7. The molecule has 0 aromatic heterocycles. The molecule has 24 nitrogen and oxygen atoms in total. The maximum absolute atomic E-state index is 14.4. The number of hydrogen-bond donors (Lipinski definition) is 0. The predicted octanol–water partition coefficient (Wildman–Crippen LogP) is 5.68. The van der Waals surface area contributed by atoms with Gasteiger partial charge in [-0.15, -0.1) is 6.58 Å². The number of carbonyl (C=O) groups is 6. The molecule has 3 aliphatic heterocycles. The van der Waals surface area contributed by atoms with E-state index in [9.17, 15) is 39.3 Å². The van der Waals surface area contributed by atoms with Gasteiger partial charge in [-0.1, -0.05) is 61.5 Å². The normalized spacial score (nSPS) is 28.0. The van der Waals surface area contributed by atoms with E-state index in [0.29, 0.717) is 0 Å². The van der Waals surface area contributed by atoms with Crippen molar-refractivity contribution in [2.24, 2.45) is 0 Å². The zero-order chi connectivity index (χ0) is 55.7. The molecule has 3 heterocycles. The van der Waals surface area contributed by atoms with Gasteiger partial charge >= 0.3 is 61.5 Å². The second kappa shape index (κ2) is 29.5. The lowest BCUT2D eigenvalue weighted by Gasteiger charge is -2.51. The van der Waals surface area contributed by atoms with E-state index < -0.39 is 142 Å².